The van der Waals surface area contributed by atoms with Crippen molar-refractivity contribution >= 4 is 33.3 Å². The number of pyridine rings is 1. The maximum Gasteiger partial charge on any atom is 0.345 e. The van der Waals surface area contributed by atoms with E-state index in [9.17, 15) is 4.79 Å². The van der Waals surface area contributed by atoms with Crippen molar-refractivity contribution in [3.8, 4) is 11.3 Å². The third kappa shape index (κ3) is 2.79. The van der Waals surface area contributed by atoms with Gasteiger partial charge in [-0.05, 0) is 30.7 Å². The smallest absolute Gasteiger partial charge is 0.345 e. The van der Waals surface area contributed by atoms with E-state index in [1.807, 2.05) is 48.7 Å². The highest BCUT2D eigenvalue weighted by molar-refractivity contribution is 7.14. The molecule has 0 radical (unpaired) electrons. The summed E-state index contributed by atoms with van der Waals surface area (Å²) in [5.41, 5.74) is 2.32. The van der Waals surface area contributed by atoms with Gasteiger partial charge in [0.05, 0.1) is 11.3 Å². The topological polar surface area (TPSA) is 68.0 Å². The molecule has 4 aromatic rings. The predicted octanol–water partition coefficient (Wildman–Crippen LogP) is 4.36. The van der Waals surface area contributed by atoms with Crippen LogP contribution in [0.3, 0.4) is 0 Å². The highest BCUT2D eigenvalue weighted by Crippen LogP contribution is 2.26. The lowest BCUT2D eigenvalue weighted by atomic mass is 10.1. The van der Waals surface area contributed by atoms with Crippen molar-refractivity contribution in [2.75, 3.05) is 5.32 Å². The minimum absolute atomic E-state index is 0.390. The van der Waals surface area contributed by atoms with Gasteiger partial charge in [0, 0.05) is 17.0 Å². The summed E-state index contributed by atoms with van der Waals surface area (Å²) >= 11 is 1.41. The molecule has 0 saturated heterocycles. The molecular formula is C18H13N3O2S. The molecule has 0 saturated carbocycles. The number of rotatable bonds is 3. The number of para-hydroxylation sites is 1. The lowest BCUT2D eigenvalue weighted by molar-refractivity contribution is 0.563. The molecule has 4 rings (SSSR count). The molecule has 0 atom stereocenters. The van der Waals surface area contributed by atoms with E-state index in [0.717, 1.165) is 10.9 Å². The fourth-order valence-corrected chi connectivity index (χ4v) is 3.06. The summed E-state index contributed by atoms with van der Waals surface area (Å²) < 4.78 is 5.36. The molecule has 0 bridgehead atoms. The van der Waals surface area contributed by atoms with E-state index in [0.29, 0.717) is 27.8 Å². The average molecular weight is 335 g/mol. The monoisotopic (exact) mass is 335 g/mol. The van der Waals surface area contributed by atoms with Crippen molar-refractivity contribution < 1.29 is 4.42 Å². The first-order chi connectivity index (χ1) is 11.7. The second kappa shape index (κ2) is 5.90. The second-order valence-corrected chi connectivity index (χ2v) is 6.23. The van der Waals surface area contributed by atoms with Crippen molar-refractivity contribution in [3.63, 3.8) is 0 Å². The van der Waals surface area contributed by atoms with Crippen LogP contribution in [0.4, 0.5) is 10.9 Å². The van der Waals surface area contributed by atoms with Gasteiger partial charge >= 0.3 is 5.63 Å². The van der Waals surface area contributed by atoms with E-state index in [1.165, 1.54) is 11.3 Å². The fourth-order valence-electron chi connectivity index (χ4n) is 2.35. The molecule has 3 aromatic heterocycles. The Balaban J connectivity index is 1.68. The van der Waals surface area contributed by atoms with Crippen LogP contribution < -0.4 is 10.9 Å². The number of nitrogens with zero attached hydrogens (tertiary/aromatic N) is 2. The van der Waals surface area contributed by atoms with Crippen LogP contribution in [0.5, 0.6) is 0 Å². The molecule has 0 aliphatic carbocycles. The largest absolute Gasteiger partial charge is 0.422 e. The zero-order chi connectivity index (χ0) is 16.5. The molecule has 5 nitrogen and oxygen atoms in total. The first-order valence-corrected chi connectivity index (χ1v) is 8.25. The summed E-state index contributed by atoms with van der Waals surface area (Å²) in [6.07, 6.45) is 1.79. The Bertz CT molecular complexity index is 1070. The third-order valence-corrected chi connectivity index (χ3v) is 4.33. The highest BCUT2D eigenvalue weighted by Gasteiger charge is 2.11. The molecule has 0 fully saturated rings. The average Bonchev–Trinajstić information content (AvgIpc) is 3.04. The van der Waals surface area contributed by atoms with Gasteiger partial charge < -0.3 is 9.73 Å². The van der Waals surface area contributed by atoms with Gasteiger partial charge in [0.25, 0.3) is 0 Å². The maximum atomic E-state index is 12.2. The fraction of sp³-hybridized carbons (Fsp3) is 0.0556. The number of hydrogen-bond acceptors (Lipinski definition) is 6. The Morgan fingerprint density at radius 1 is 1.17 bits per heavy atom. The zero-order valence-corrected chi connectivity index (χ0v) is 13.6. The summed E-state index contributed by atoms with van der Waals surface area (Å²) in [6.45, 7) is 1.98. The summed E-state index contributed by atoms with van der Waals surface area (Å²) in [5, 5.41) is 6.52. The Morgan fingerprint density at radius 3 is 2.88 bits per heavy atom. The van der Waals surface area contributed by atoms with Gasteiger partial charge in [-0.15, -0.1) is 11.3 Å². The van der Waals surface area contributed by atoms with E-state index in [2.05, 4.69) is 15.3 Å². The number of thiazole rings is 1. The van der Waals surface area contributed by atoms with Gasteiger partial charge in [-0.1, -0.05) is 24.3 Å². The number of aryl methyl sites for hydroxylation is 1. The van der Waals surface area contributed by atoms with Gasteiger partial charge in [0.2, 0.25) is 0 Å². The van der Waals surface area contributed by atoms with Crippen molar-refractivity contribution in [2.45, 2.75) is 6.92 Å². The van der Waals surface area contributed by atoms with Gasteiger partial charge in [0.1, 0.15) is 11.4 Å². The van der Waals surface area contributed by atoms with Crippen molar-refractivity contribution in [2.24, 2.45) is 0 Å². The van der Waals surface area contributed by atoms with Crippen LogP contribution in [0.25, 0.3) is 22.2 Å². The minimum Gasteiger partial charge on any atom is -0.422 e. The Labute approximate surface area is 141 Å². The molecule has 3 heterocycles. The summed E-state index contributed by atoms with van der Waals surface area (Å²) in [6, 6.07) is 13.1. The lowest BCUT2D eigenvalue weighted by Crippen LogP contribution is -2.03. The molecule has 0 aliphatic rings. The number of hydrogen-bond donors (Lipinski definition) is 1. The molecule has 0 unspecified atom stereocenters. The van der Waals surface area contributed by atoms with Crippen molar-refractivity contribution in [3.05, 3.63) is 70.0 Å². The molecule has 1 aromatic carbocycles. The minimum atomic E-state index is -0.390. The Hall–Kier alpha value is -2.99. The van der Waals surface area contributed by atoms with Crippen molar-refractivity contribution in [1.29, 1.82) is 0 Å². The maximum absolute atomic E-state index is 12.2. The van der Waals surface area contributed by atoms with Gasteiger partial charge in [0.15, 0.2) is 5.13 Å². The van der Waals surface area contributed by atoms with Crippen LogP contribution in [0.1, 0.15) is 5.56 Å². The summed E-state index contributed by atoms with van der Waals surface area (Å²) in [7, 11) is 0. The molecular weight excluding hydrogens is 322 g/mol. The SMILES string of the molecule is Cc1ccc(Nc2nc(-c3cc4ccccc4oc3=O)cs2)nc1. The number of nitrogens with one attached hydrogen (secondary N) is 1. The number of fused-ring (bicyclic) bond motifs is 1. The predicted molar refractivity (Wildman–Crippen MR) is 95.8 cm³/mol. The summed E-state index contributed by atoms with van der Waals surface area (Å²) in [5.74, 6) is 0.715. The van der Waals surface area contributed by atoms with Crippen LogP contribution in [-0.2, 0) is 0 Å². The van der Waals surface area contributed by atoms with Crippen molar-refractivity contribution in [1.82, 2.24) is 9.97 Å². The van der Waals surface area contributed by atoms with E-state index < -0.39 is 0 Å². The standard InChI is InChI=1S/C18H13N3O2S/c1-11-6-7-16(19-9-11)21-18-20-14(10-24-18)13-8-12-4-2-3-5-15(12)23-17(13)22/h2-10H,1H3,(H,19,20,21). The molecule has 0 spiro atoms. The molecule has 118 valence electrons. The van der Waals surface area contributed by atoms with Crippen LogP contribution in [0.15, 0.2) is 63.3 Å². The van der Waals surface area contributed by atoms with Crippen LogP contribution in [0.2, 0.25) is 0 Å². The summed E-state index contributed by atoms with van der Waals surface area (Å²) in [4.78, 5) is 21.0. The van der Waals surface area contributed by atoms with Crippen LogP contribution in [-0.4, -0.2) is 9.97 Å². The zero-order valence-electron chi connectivity index (χ0n) is 12.8. The Kier molecular flexibility index (Phi) is 3.59. The van der Waals surface area contributed by atoms with Gasteiger partial charge in [-0.3, -0.25) is 0 Å². The van der Waals surface area contributed by atoms with E-state index in [4.69, 9.17) is 4.42 Å². The Morgan fingerprint density at radius 2 is 2.04 bits per heavy atom. The van der Waals surface area contributed by atoms with E-state index in [-0.39, 0.29) is 5.63 Å². The van der Waals surface area contributed by atoms with Gasteiger partial charge in [-0.25, -0.2) is 14.8 Å². The second-order valence-electron chi connectivity index (χ2n) is 5.37. The molecule has 6 heteroatoms. The number of aromatic nitrogens is 2. The van der Waals surface area contributed by atoms with E-state index >= 15 is 0 Å². The van der Waals surface area contributed by atoms with E-state index in [1.54, 1.807) is 12.3 Å². The quantitative estimate of drug-likeness (QED) is 0.563. The number of anilines is 2. The normalized spacial score (nSPS) is 10.9. The molecule has 0 amide bonds. The van der Waals surface area contributed by atoms with Crippen LogP contribution >= 0.6 is 11.3 Å². The first kappa shape index (κ1) is 14.6. The van der Waals surface area contributed by atoms with Gasteiger partial charge in [-0.2, -0.15) is 0 Å². The molecule has 0 aliphatic heterocycles. The lowest BCUT2D eigenvalue weighted by Gasteiger charge is -2.01. The molecule has 24 heavy (non-hydrogen) atoms. The third-order valence-electron chi connectivity index (χ3n) is 3.57. The first-order valence-electron chi connectivity index (χ1n) is 7.37. The number of benzene rings is 1. The van der Waals surface area contributed by atoms with Crippen LogP contribution in [0, 0.1) is 6.92 Å². The molecule has 1 N–H and O–H groups in total. The highest BCUT2D eigenvalue weighted by atomic mass is 32.1.